The van der Waals surface area contributed by atoms with Crippen LogP contribution in [0, 0.1) is 5.82 Å². The van der Waals surface area contributed by atoms with E-state index in [9.17, 15) is 14.0 Å². The van der Waals surface area contributed by atoms with Crippen LogP contribution in [0.2, 0.25) is 0 Å². The van der Waals surface area contributed by atoms with E-state index in [0.717, 1.165) is 24.5 Å². The Balaban J connectivity index is 1.47. The minimum absolute atomic E-state index is 0.0402. The van der Waals surface area contributed by atoms with Crippen molar-refractivity contribution in [3.05, 3.63) is 39.6 Å². The Hall–Kier alpha value is -2.24. The molecule has 1 aliphatic carbocycles. The Bertz CT molecular complexity index is 936. The second kappa shape index (κ2) is 12.1. The van der Waals surface area contributed by atoms with E-state index in [1.165, 1.54) is 38.2 Å². The predicted molar refractivity (Wildman–Crippen MR) is 126 cm³/mol. The molecule has 0 unspecified atom stereocenters. The van der Waals surface area contributed by atoms with Gasteiger partial charge < -0.3 is 21.1 Å². The van der Waals surface area contributed by atoms with Gasteiger partial charge in [-0.2, -0.15) is 4.37 Å². The highest BCUT2D eigenvalue weighted by Gasteiger charge is 2.22. The van der Waals surface area contributed by atoms with Gasteiger partial charge in [-0.1, -0.05) is 41.3 Å². The van der Waals surface area contributed by atoms with Crippen LogP contribution in [-0.4, -0.2) is 35.4 Å². The third kappa shape index (κ3) is 7.14. The van der Waals surface area contributed by atoms with Crippen molar-refractivity contribution < 1.29 is 18.7 Å². The number of aromatic nitrogens is 1. The monoisotopic (exact) mass is 527 g/mol. The summed E-state index contributed by atoms with van der Waals surface area (Å²) in [5.74, 6) is -1.29. The molecule has 1 fully saturated rings. The van der Waals surface area contributed by atoms with Gasteiger partial charge in [0.1, 0.15) is 23.0 Å². The number of carbonyl (C=O) groups excluding carboxylic acids is 2. The van der Waals surface area contributed by atoms with E-state index in [4.69, 9.17) is 10.5 Å². The molecule has 0 bridgehead atoms. The van der Waals surface area contributed by atoms with Crippen LogP contribution < -0.4 is 26.4 Å². The first kappa shape index (κ1) is 24.4. The average molecular weight is 528 g/mol. The molecule has 1 aliphatic rings. The highest BCUT2D eigenvalue weighted by Crippen LogP contribution is 2.31. The molecule has 0 aliphatic heterocycles. The zero-order valence-corrected chi connectivity index (χ0v) is 20.0. The average Bonchev–Trinajstić information content (AvgIpc) is 3.16. The number of halogens is 2. The lowest BCUT2D eigenvalue weighted by Gasteiger charge is -2.22. The minimum Gasteiger partial charge on any atom is -0.471 e. The van der Waals surface area contributed by atoms with Crippen molar-refractivity contribution in [2.24, 2.45) is 5.73 Å². The fourth-order valence-electron chi connectivity index (χ4n) is 3.51. The van der Waals surface area contributed by atoms with Crippen molar-refractivity contribution in [1.82, 2.24) is 15.0 Å². The number of hydrogen-bond donors (Lipinski definition) is 4. The summed E-state index contributed by atoms with van der Waals surface area (Å²) in [6, 6.07) is 4.68. The molecule has 0 radical (unpaired) electrons. The summed E-state index contributed by atoms with van der Waals surface area (Å²) >= 11 is 4.07. The Morgan fingerprint density at radius 3 is 2.75 bits per heavy atom. The summed E-state index contributed by atoms with van der Waals surface area (Å²) in [7, 11) is 0. The van der Waals surface area contributed by atoms with Gasteiger partial charge in [0.05, 0.1) is 0 Å². The van der Waals surface area contributed by atoms with Crippen molar-refractivity contribution in [1.29, 1.82) is 0 Å². The Kier molecular flexibility index (Phi) is 9.24. The number of carbonyl (C=O) groups is 2. The first-order chi connectivity index (χ1) is 15.4. The number of ether oxygens (including phenoxy) is 1. The quantitative estimate of drug-likeness (QED) is 0.346. The van der Waals surface area contributed by atoms with Crippen LogP contribution in [-0.2, 0) is 6.61 Å². The van der Waals surface area contributed by atoms with E-state index in [1.807, 2.05) is 0 Å². The van der Waals surface area contributed by atoms with Crippen molar-refractivity contribution in [2.75, 3.05) is 18.4 Å². The zero-order chi connectivity index (χ0) is 22.9. The molecule has 32 heavy (non-hydrogen) atoms. The maximum atomic E-state index is 14.0. The van der Waals surface area contributed by atoms with Gasteiger partial charge in [-0.05, 0) is 49.5 Å². The molecular formula is C21H27BrFN5O3S. The van der Waals surface area contributed by atoms with E-state index < -0.39 is 17.8 Å². The number of nitrogens with one attached hydrogen (secondary N) is 3. The van der Waals surface area contributed by atoms with E-state index in [1.54, 1.807) is 12.1 Å². The fourth-order valence-corrected chi connectivity index (χ4v) is 4.58. The largest absolute Gasteiger partial charge is 0.471 e. The minimum atomic E-state index is -0.794. The summed E-state index contributed by atoms with van der Waals surface area (Å²) in [4.78, 5) is 24.1. The van der Waals surface area contributed by atoms with Gasteiger partial charge in [0.25, 0.3) is 5.91 Å². The number of rotatable bonds is 10. The first-order valence-corrected chi connectivity index (χ1v) is 12.1. The van der Waals surface area contributed by atoms with Gasteiger partial charge in [0.15, 0.2) is 0 Å². The molecule has 5 N–H and O–H groups in total. The van der Waals surface area contributed by atoms with Gasteiger partial charge in [0.2, 0.25) is 5.88 Å². The lowest BCUT2D eigenvalue weighted by molar-refractivity contribution is 0.0996. The van der Waals surface area contributed by atoms with Crippen LogP contribution in [0.5, 0.6) is 5.88 Å². The molecule has 174 valence electrons. The first-order valence-electron chi connectivity index (χ1n) is 10.6. The Labute approximate surface area is 198 Å². The summed E-state index contributed by atoms with van der Waals surface area (Å²) in [6.45, 7) is 1.19. The molecule has 0 atom stereocenters. The summed E-state index contributed by atoms with van der Waals surface area (Å²) < 4.78 is 24.1. The second-order valence-electron chi connectivity index (χ2n) is 7.60. The van der Waals surface area contributed by atoms with Crippen molar-refractivity contribution in [3.63, 3.8) is 0 Å². The molecule has 3 rings (SSSR count). The maximum absolute atomic E-state index is 14.0. The van der Waals surface area contributed by atoms with E-state index >= 15 is 0 Å². The molecule has 11 heteroatoms. The van der Waals surface area contributed by atoms with E-state index in [0.29, 0.717) is 22.6 Å². The molecule has 1 aromatic carbocycles. The number of benzene rings is 1. The highest BCUT2D eigenvalue weighted by molar-refractivity contribution is 9.10. The third-order valence-corrected chi connectivity index (χ3v) is 6.43. The van der Waals surface area contributed by atoms with Gasteiger partial charge in [0, 0.05) is 22.6 Å². The van der Waals surface area contributed by atoms with Crippen LogP contribution in [0.4, 0.5) is 14.2 Å². The molecular weight excluding hydrogens is 501 g/mol. The summed E-state index contributed by atoms with van der Waals surface area (Å²) in [5.41, 5.74) is 5.71. The maximum Gasteiger partial charge on any atom is 0.319 e. The standard InChI is InChI=1S/C21H27BrFN5O3S/c22-14-8-7-13(16(23)11-14)12-31-19-17(18(24)29)20(32-28-19)27-21(30)26-10-4-9-25-15-5-2-1-3-6-15/h7-8,11,15,25H,1-6,9-10,12H2,(H2,24,29)(H2,26,27,30). The number of nitrogens with two attached hydrogens (primary N) is 1. The van der Waals surface area contributed by atoms with Gasteiger partial charge in [-0.15, -0.1) is 0 Å². The number of nitrogens with zero attached hydrogens (tertiary/aromatic N) is 1. The fraction of sp³-hybridized carbons (Fsp3) is 0.476. The summed E-state index contributed by atoms with van der Waals surface area (Å²) in [5, 5.41) is 9.05. The lowest BCUT2D eigenvalue weighted by atomic mass is 9.95. The zero-order valence-electron chi connectivity index (χ0n) is 17.6. The molecule has 0 saturated heterocycles. The van der Waals surface area contributed by atoms with Gasteiger partial charge in [-0.25, -0.2) is 9.18 Å². The van der Waals surface area contributed by atoms with Crippen LogP contribution >= 0.6 is 27.5 Å². The van der Waals surface area contributed by atoms with Crippen molar-refractivity contribution >= 4 is 44.4 Å². The normalized spacial score (nSPS) is 14.2. The molecule has 2 aromatic rings. The van der Waals surface area contributed by atoms with Crippen LogP contribution in [0.15, 0.2) is 22.7 Å². The van der Waals surface area contributed by atoms with Crippen molar-refractivity contribution in [3.8, 4) is 5.88 Å². The van der Waals surface area contributed by atoms with Crippen molar-refractivity contribution in [2.45, 2.75) is 51.2 Å². The molecule has 1 saturated carbocycles. The molecule has 3 amide bonds. The van der Waals surface area contributed by atoms with Crippen LogP contribution in [0.25, 0.3) is 0 Å². The smallest absolute Gasteiger partial charge is 0.319 e. The predicted octanol–water partition coefficient (Wildman–Crippen LogP) is 4.16. The van der Waals surface area contributed by atoms with E-state index in [-0.39, 0.29) is 23.1 Å². The summed E-state index contributed by atoms with van der Waals surface area (Å²) in [6.07, 6.45) is 7.10. The lowest BCUT2D eigenvalue weighted by Crippen LogP contribution is -2.35. The molecule has 1 heterocycles. The number of amides is 3. The Morgan fingerprint density at radius 1 is 1.25 bits per heavy atom. The van der Waals surface area contributed by atoms with Gasteiger partial charge in [-0.3, -0.25) is 10.1 Å². The molecule has 1 aromatic heterocycles. The second-order valence-corrected chi connectivity index (χ2v) is 9.29. The highest BCUT2D eigenvalue weighted by atomic mass is 79.9. The number of hydrogen-bond acceptors (Lipinski definition) is 6. The van der Waals surface area contributed by atoms with Crippen LogP contribution in [0.3, 0.4) is 0 Å². The van der Waals surface area contributed by atoms with Gasteiger partial charge >= 0.3 is 6.03 Å². The SMILES string of the molecule is NC(=O)c1c(OCc2ccc(Br)cc2F)nsc1NC(=O)NCCCNC1CCCCC1. The number of primary amides is 1. The number of anilines is 1. The molecule has 8 nitrogen and oxygen atoms in total. The third-order valence-electron chi connectivity index (χ3n) is 5.19. The Morgan fingerprint density at radius 2 is 2.03 bits per heavy atom. The molecule has 0 spiro atoms. The van der Waals surface area contributed by atoms with Crippen LogP contribution in [0.1, 0.15) is 54.4 Å². The number of urea groups is 1. The topological polar surface area (TPSA) is 118 Å². The van der Waals surface area contributed by atoms with E-state index in [2.05, 4.69) is 36.3 Å².